The topological polar surface area (TPSA) is 62.7 Å². The lowest BCUT2D eigenvalue weighted by molar-refractivity contribution is 1.19. The van der Waals surface area contributed by atoms with Gasteiger partial charge in [-0.1, -0.05) is 0 Å². The summed E-state index contributed by atoms with van der Waals surface area (Å²) in [7, 11) is 0. The van der Waals surface area contributed by atoms with Crippen LogP contribution < -0.4 is 5.73 Å². The summed E-state index contributed by atoms with van der Waals surface area (Å²) in [6.07, 6.45) is 4.70. The van der Waals surface area contributed by atoms with Crippen molar-refractivity contribution in [2.24, 2.45) is 0 Å². The summed E-state index contributed by atoms with van der Waals surface area (Å²) >= 11 is 0. The first kappa shape index (κ1) is 8.28. The highest BCUT2D eigenvalue weighted by molar-refractivity contribution is 5.58. The van der Waals surface area contributed by atoms with Crippen molar-refractivity contribution in [3.8, 4) is 6.07 Å². The Morgan fingerprint density at radius 3 is 3.08 bits per heavy atom. The molecule has 0 atom stereocenters. The van der Waals surface area contributed by atoms with Crippen LogP contribution in [0.2, 0.25) is 0 Å². The average Bonchev–Trinajstić information content (AvgIpc) is 2.07. The van der Waals surface area contributed by atoms with Crippen LogP contribution in [-0.4, -0.2) is 4.98 Å². The fraction of sp³-hybridized carbons (Fsp3) is 0.111. The Balaban J connectivity index is 3.07. The zero-order valence-corrected chi connectivity index (χ0v) is 6.78. The molecule has 1 aromatic heterocycles. The normalized spacial score (nSPS) is 10.0. The smallest absolute Gasteiger partial charge is 0.0912 e. The van der Waals surface area contributed by atoms with Crippen molar-refractivity contribution in [3.05, 3.63) is 29.6 Å². The number of nitrogen functional groups attached to an aromatic ring is 1. The van der Waals surface area contributed by atoms with Gasteiger partial charge in [0.15, 0.2) is 0 Å². The van der Waals surface area contributed by atoms with E-state index in [1.54, 1.807) is 18.3 Å². The number of pyridine rings is 1. The number of aryl methyl sites for hydroxylation is 1. The number of hydrogen-bond donors (Lipinski definition) is 1. The highest BCUT2D eigenvalue weighted by atomic mass is 14.7. The van der Waals surface area contributed by atoms with Gasteiger partial charge in [0.05, 0.1) is 18.0 Å². The van der Waals surface area contributed by atoms with Crippen LogP contribution in [0.5, 0.6) is 0 Å². The number of nitriles is 1. The number of rotatable bonds is 1. The highest BCUT2D eigenvalue weighted by Gasteiger charge is 1.94. The molecule has 0 aliphatic heterocycles. The van der Waals surface area contributed by atoms with Gasteiger partial charge in [-0.2, -0.15) is 5.26 Å². The molecule has 12 heavy (non-hydrogen) atoms. The molecule has 0 radical (unpaired) electrons. The molecule has 2 N–H and O–H groups in total. The zero-order valence-electron chi connectivity index (χ0n) is 6.78. The van der Waals surface area contributed by atoms with Crippen LogP contribution in [0, 0.1) is 18.3 Å². The first-order valence-corrected chi connectivity index (χ1v) is 3.52. The van der Waals surface area contributed by atoms with E-state index < -0.39 is 0 Å². The molecular weight excluding hydrogens is 150 g/mol. The summed E-state index contributed by atoms with van der Waals surface area (Å²) in [6.45, 7) is 1.87. The molecule has 3 nitrogen and oxygen atoms in total. The molecule has 1 heterocycles. The Kier molecular flexibility index (Phi) is 2.44. The molecule has 0 spiro atoms. The molecule has 60 valence electrons. The van der Waals surface area contributed by atoms with Crippen molar-refractivity contribution < 1.29 is 0 Å². The molecule has 0 aliphatic rings. The quantitative estimate of drug-likeness (QED) is 0.632. The van der Waals surface area contributed by atoms with Crippen molar-refractivity contribution in [1.29, 1.82) is 5.26 Å². The average molecular weight is 159 g/mol. The third-order valence-corrected chi connectivity index (χ3v) is 1.48. The van der Waals surface area contributed by atoms with Crippen LogP contribution in [0.4, 0.5) is 5.69 Å². The van der Waals surface area contributed by atoms with Gasteiger partial charge in [-0.05, 0) is 24.6 Å². The van der Waals surface area contributed by atoms with Gasteiger partial charge >= 0.3 is 0 Å². The lowest BCUT2D eigenvalue weighted by Gasteiger charge is -1.98. The minimum absolute atomic E-state index is 0.609. The second kappa shape index (κ2) is 3.54. The minimum Gasteiger partial charge on any atom is -0.397 e. The molecule has 0 saturated carbocycles. The van der Waals surface area contributed by atoms with E-state index in [1.807, 2.05) is 13.0 Å². The summed E-state index contributed by atoms with van der Waals surface area (Å²) in [5, 5.41) is 8.30. The van der Waals surface area contributed by atoms with Crippen molar-refractivity contribution in [3.63, 3.8) is 0 Å². The minimum atomic E-state index is 0.609. The Morgan fingerprint density at radius 2 is 2.42 bits per heavy atom. The Labute approximate surface area is 71.2 Å². The summed E-state index contributed by atoms with van der Waals surface area (Å²) in [4.78, 5) is 4.05. The number of nitrogens with two attached hydrogens (primary N) is 1. The lowest BCUT2D eigenvalue weighted by Crippen LogP contribution is -1.91. The van der Waals surface area contributed by atoms with Gasteiger partial charge in [0, 0.05) is 11.8 Å². The predicted molar refractivity (Wildman–Crippen MR) is 48.0 cm³/mol. The van der Waals surface area contributed by atoms with Gasteiger partial charge < -0.3 is 5.73 Å². The van der Waals surface area contributed by atoms with E-state index in [2.05, 4.69) is 4.98 Å². The van der Waals surface area contributed by atoms with Crippen molar-refractivity contribution >= 4 is 11.8 Å². The van der Waals surface area contributed by atoms with Crippen LogP contribution >= 0.6 is 0 Å². The molecule has 0 unspecified atom stereocenters. The second-order valence-electron chi connectivity index (χ2n) is 2.41. The first-order valence-electron chi connectivity index (χ1n) is 3.52. The van der Waals surface area contributed by atoms with E-state index in [0.29, 0.717) is 5.69 Å². The third-order valence-electron chi connectivity index (χ3n) is 1.48. The number of nitrogens with zero attached hydrogens (tertiary/aromatic N) is 2. The van der Waals surface area contributed by atoms with E-state index in [0.717, 1.165) is 11.3 Å². The standard InChI is InChI=1S/C9H9N3/c1-7-8(3-2-4-10)5-9(11)6-12-7/h2-3,5-6H,11H2,1H3. The molecule has 0 fully saturated rings. The Morgan fingerprint density at radius 1 is 1.67 bits per heavy atom. The van der Waals surface area contributed by atoms with E-state index in [4.69, 9.17) is 11.0 Å². The molecule has 0 amide bonds. The lowest BCUT2D eigenvalue weighted by atomic mass is 10.2. The molecule has 3 heteroatoms. The third kappa shape index (κ3) is 1.83. The molecule has 1 rings (SSSR count). The van der Waals surface area contributed by atoms with Crippen LogP contribution in [0.25, 0.3) is 6.08 Å². The summed E-state index contributed by atoms with van der Waals surface area (Å²) in [5.74, 6) is 0. The SMILES string of the molecule is Cc1ncc(N)cc1C=CC#N. The van der Waals surface area contributed by atoms with Crippen LogP contribution in [0.1, 0.15) is 11.3 Å². The van der Waals surface area contributed by atoms with Gasteiger partial charge in [0.25, 0.3) is 0 Å². The summed E-state index contributed by atoms with van der Waals surface area (Å²) < 4.78 is 0. The maximum Gasteiger partial charge on any atom is 0.0912 e. The molecule has 1 aromatic rings. The fourth-order valence-electron chi connectivity index (χ4n) is 0.863. The maximum absolute atomic E-state index is 8.30. The maximum atomic E-state index is 8.30. The summed E-state index contributed by atoms with van der Waals surface area (Å²) in [5.41, 5.74) is 7.89. The molecule has 0 saturated heterocycles. The number of anilines is 1. The van der Waals surface area contributed by atoms with Crippen LogP contribution in [0.3, 0.4) is 0 Å². The van der Waals surface area contributed by atoms with Crippen molar-refractivity contribution in [2.45, 2.75) is 6.92 Å². The fourth-order valence-corrected chi connectivity index (χ4v) is 0.863. The predicted octanol–water partition coefficient (Wildman–Crippen LogP) is 1.51. The number of aromatic nitrogens is 1. The highest BCUT2D eigenvalue weighted by Crippen LogP contribution is 2.10. The van der Waals surface area contributed by atoms with E-state index in [9.17, 15) is 0 Å². The first-order chi connectivity index (χ1) is 5.74. The van der Waals surface area contributed by atoms with Crippen LogP contribution in [-0.2, 0) is 0 Å². The van der Waals surface area contributed by atoms with Crippen LogP contribution in [0.15, 0.2) is 18.3 Å². The number of allylic oxidation sites excluding steroid dienone is 1. The Hall–Kier alpha value is -1.82. The second-order valence-corrected chi connectivity index (χ2v) is 2.41. The monoisotopic (exact) mass is 159 g/mol. The zero-order chi connectivity index (χ0) is 8.97. The van der Waals surface area contributed by atoms with E-state index in [-0.39, 0.29) is 0 Å². The Bertz CT molecular complexity index is 347. The van der Waals surface area contributed by atoms with E-state index in [1.165, 1.54) is 6.08 Å². The molecule has 0 bridgehead atoms. The molecule has 0 aliphatic carbocycles. The largest absolute Gasteiger partial charge is 0.397 e. The van der Waals surface area contributed by atoms with Gasteiger partial charge in [0.2, 0.25) is 0 Å². The van der Waals surface area contributed by atoms with Gasteiger partial charge in [-0.15, -0.1) is 0 Å². The molecular formula is C9H9N3. The number of hydrogen-bond acceptors (Lipinski definition) is 3. The van der Waals surface area contributed by atoms with Crippen molar-refractivity contribution in [2.75, 3.05) is 5.73 Å². The van der Waals surface area contributed by atoms with Gasteiger partial charge in [0.1, 0.15) is 0 Å². The van der Waals surface area contributed by atoms with E-state index >= 15 is 0 Å². The van der Waals surface area contributed by atoms with Gasteiger partial charge in [-0.3, -0.25) is 4.98 Å². The summed E-state index contributed by atoms with van der Waals surface area (Å²) in [6, 6.07) is 3.70. The van der Waals surface area contributed by atoms with Gasteiger partial charge in [-0.25, -0.2) is 0 Å². The molecule has 0 aromatic carbocycles. The van der Waals surface area contributed by atoms with Crippen molar-refractivity contribution in [1.82, 2.24) is 4.98 Å².